The van der Waals surface area contributed by atoms with Crippen molar-refractivity contribution in [3.05, 3.63) is 50.7 Å². The van der Waals surface area contributed by atoms with Crippen LogP contribution < -0.4 is 5.32 Å². The Labute approximate surface area is 122 Å². The summed E-state index contributed by atoms with van der Waals surface area (Å²) in [6, 6.07) is 4.28. The zero-order valence-corrected chi connectivity index (χ0v) is 12.1. The molecule has 2 aromatic rings. The number of carbonyl (C=O) groups is 1. The van der Waals surface area contributed by atoms with E-state index >= 15 is 0 Å². The Morgan fingerprint density at radius 1 is 1.55 bits per heavy atom. The molecule has 0 aliphatic carbocycles. The molecule has 7 nitrogen and oxygen atoms in total. The van der Waals surface area contributed by atoms with Gasteiger partial charge in [0, 0.05) is 24.4 Å². The van der Waals surface area contributed by atoms with Crippen molar-refractivity contribution < 1.29 is 9.72 Å². The number of nitro groups is 1. The third-order valence-corrected chi connectivity index (χ3v) is 2.98. The highest BCUT2D eigenvalue weighted by Gasteiger charge is 2.19. The van der Waals surface area contributed by atoms with Gasteiger partial charge in [-0.05, 0) is 35.0 Å². The van der Waals surface area contributed by atoms with Gasteiger partial charge in [-0.25, -0.2) is 4.68 Å². The summed E-state index contributed by atoms with van der Waals surface area (Å²) in [6.07, 6.45) is 3.13. The van der Waals surface area contributed by atoms with Crippen molar-refractivity contribution in [3.63, 3.8) is 0 Å². The van der Waals surface area contributed by atoms with Crippen LogP contribution >= 0.6 is 15.9 Å². The molecule has 0 aliphatic heterocycles. The standard InChI is InChI=1S/C12H11BrN4O3/c1-2-14-12(18)8-3-4-10(11(5-8)17(19)20)16-7-9(13)6-15-16/h3-7H,2H2,1H3,(H,14,18). The minimum absolute atomic E-state index is 0.177. The maximum atomic E-state index is 11.7. The number of benzene rings is 1. The van der Waals surface area contributed by atoms with E-state index in [2.05, 4.69) is 26.3 Å². The van der Waals surface area contributed by atoms with E-state index in [9.17, 15) is 14.9 Å². The van der Waals surface area contributed by atoms with Crippen LogP contribution in [-0.2, 0) is 0 Å². The van der Waals surface area contributed by atoms with Gasteiger partial charge in [0.05, 0.1) is 15.6 Å². The maximum Gasteiger partial charge on any atom is 0.295 e. The summed E-state index contributed by atoms with van der Waals surface area (Å²) in [7, 11) is 0. The summed E-state index contributed by atoms with van der Waals surface area (Å²) in [6.45, 7) is 2.24. The lowest BCUT2D eigenvalue weighted by molar-refractivity contribution is -0.384. The van der Waals surface area contributed by atoms with Gasteiger partial charge in [0.25, 0.3) is 11.6 Å². The predicted molar refractivity (Wildman–Crippen MR) is 75.9 cm³/mol. The first-order valence-corrected chi connectivity index (χ1v) is 6.59. The molecule has 2 rings (SSSR count). The summed E-state index contributed by atoms with van der Waals surface area (Å²) in [4.78, 5) is 22.3. The van der Waals surface area contributed by atoms with Crippen LogP contribution in [0.2, 0.25) is 0 Å². The molecule has 0 bridgehead atoms. The molecule has 0 saturated heterocycles. The van der Waals surface area contributed by atoms with E-state index < -0.39 is 4.92 Å². The predicted octanol–water partition coefficient (Wildman–Crippen LogP) is 2.29. The molecule has 1 amide bonds. The van der Waals surface area contributed by atoms with E-state index in [1.807, 2.05) is 0 Å². The van der Waals surface area contributed by atoms with E-state index in [0.717, 1.165) is 0 Å². The van der Waals surface area contributed by atoms with E-state index in [0.29, 0.717) is 16.7 Å². The average Bonchev–Trinajstić information content (AvgIpc) is 2.84. The van der Waals surface area contributed by atoms with Crippen molar-refractivity contribution in [2.24, 2.45) is 0 Å². The summed E-state index contributed by atoms with van der Waals surface area (Å²) in [5.74, 6) is -0.344. The van der Waals surface area contributed by atoms with E-state index in [1.165, 1.54) is 29.1 Å². The third kappa shape index (κ3) is 2.85. The Morgan fingerprint density at radius 2 is 2.30 bits per heavy atom. The number of nitrogens with zero attached hydrogens (tertiary/aromatic N) is 3. The van der Waals surface area contributed by atoms with Gasteiger partial charge in [-0.3, -0.25) is 14.9 Å². The van der Waals surface area contributed by atoms with Crippen LogP contribution in [-0.4, -0.2) is 27.2 Å². The highest BCUT2D eigenvalue weighted by Crippen LogP contribution is 2.25. The van der Waals surface area contributed by atoms with Crippen molar-refractivity contribution in [2.75, 3.05) is 6.54 Å². The van der Waals surface area contributed by atoms with Gasteiger partial charge in [-0.2, -0.15) is 5.10 Å². The first-order valence-electron chi connectivity index (χ1n) is 5.80. The Bertz CT molecular complexity index is 668. The highest BCUT2D eigenvalue weighted by atomic mass is 79.9. The van der Waals surface area contributed by atoms with Crippen LogP contribution in [0.4, 0.5) is 5.69 Å². The summed E-state index contributed by atoms with van der Waals surface area (Å²) in [5.41, 5.74) is 0.367. The second-order valence-electron chi connectivity index (χ2n) is 3.92. The van der Waals surface area contributed by atoms with Gasteiger partial charge in [0.2, 0.25) is 0 Å². The molecule has 0 aliphatic rings. The minimum Gasteiger partial charge on any atom is -0.352 e. The summed E-state index contributed by atoms with van der Waals surface area (Å²) in [5, 5.41) is 17.8. The fourth-order valence-electron chi connectivity index (χ4n) is 1.70. The van der Waals surface area contributed by atoms with Crippen molar-refractivity contribution in [3.8, 4) is 5.69 Å². The number of nitrogens with one attached hydrogen (secondary N) is 1. The number of aromatic nitrogens is 2. The largest absolute Gasteiger partial charge is 0.352 e. The Kier molecular flexibility index (Phi) is 4.14. The summed E-state index contributed by atoms with van der Waals surface area (Å²) >= 11 is 3.23. The lowest BCUT2D eigenvalue weighted by Gasteiger charge is -2.06. The van der Waals surface area contributed by atoms with Gasteiger partial charge in [-0.1, -0.05) is 0 Å². The molecule has 0 atom stereocenters. The molecule has 20 heavy (non-hydrogen) atoms. The molecule has 104 valence electrons. The molecular weight excluding hydrogens is 328 g/mol. The topological polar surface area (TPSA) is 90.1 Å². The number of nitro benzene ring substituents is 1. The zero-order valence-electron chi connectivity index (χ0n) is 10.5. The number of amides is 1. The highest BCUT2D eigenvalue weighted by molar-refractivity contribution is 9.10. The first kappa shape index (κ1) is 14.2. The van der Waals surface area contributed by atoms with Crippen LogP contribution in [0, 0.1) is 10.1 Å². The third-order valence-electron chi connectivity index (χ3n) is 2.57. The Hall–Kier alpha value is -2.22. The first-order chi connectivity index (χ1) is 9.52. The molecule has 0 unspecified atom stereocenters. The zero-order chi connectivity index (χ0) is 14.7. The van der Waals surface area contributed by atoms with Crippen molar-refractivity contribution >= 4 is 27.5 Å². The van der Waals surface area contributed by atoms with Gasteiger partial charge >= 0.3 is 0 Å². The monoisotopic (exact) mass is 338 g/mol. The molecule has 0 spiro atoms. The lowest BCUT2D eigenvalue weighted by atomic mass is 10.1. The minimum atomic E-state index is -0.534. The van der Waals surface area contributed by atoms with Crippen LogP contribution in [0.15, 0.2) is 35.1 Å². The molecule has 1 heterocycles. The van der Waals surface area contributed by atoms with Crippen molar-refractivity contribution in [1.82, 2.24) is 15.1 Å². The van der Waals surface area contributed by atoms with Crippen molar-refractivity contribution in [2.45, 2.75) is 6.92 Å². The van der Waals surface area contributed by atoms with Gasteiger partial charge in [-0.15, -0.1) is 0 Å². The van der Waals surface area contributed by atoms with Crippen molar-refractivity contribution in [1.29, 1.82) is 0 Å². The number of hydrogen-bond donors (Lipinski definition) is 1. The number of rotatable bonds is 4. The molecule has 0 fully saturated rings. The van der Waals surface area contributed by atoms with Crippen LogP contribution in [0.25, 0.3) is 5.69 Å². The summed E-state index contributed by atoms with van der Waals surface area (Å²) < 4.78 is 2.09. The van der Waals surface area contributed by atoms with E-state index in [4.69, 9.17) is 0 Å². The lowest BCUT2D eigenvalue weighted by Crippen LogP contribution is -2.22. The SMILES string of the molecule is CCNC(=O)c1ccc(-n2cc(Br)cn2)c([N+](=O)[O-])c1. The fraction of sp³-hybridized carbons (Fsp3) is 0.167. The van der Waals surface area contributed by atoms with Gasteiger partial charge in [0.1, 0.15) is 5.69 Å². The number of halogens is 1. The molecule has 1 aromatic carbocycles. The smallest absolute Gasteiger partial charge is 0.295 e. The molecule has 8 heteroatoms. The van der Waals surface area contributed by atoms with Crippen LogP contribution in [0.5, 0.6) is 0 Å². The molecule has 1 aromatic heterocycles. The second-order valence-corrected chi connectivity index (χ2v) is 4.84. The van der Waals surface area contributed by atoms with Gasteiger partial charge in [0.15, 0.2) is 0 Å². The average molecular weight is 339 g/mol. The fourth-order valence-corrected chi connectivity index (χ4v) is 1.99. The molecule has 1 N–H and O–H groups in total. The second kappa shape index (κ2) is 5.83. The number of carbonyl (C=O) groups excluding carboxylic acids is 1. The van der Waals surface area contributed by atoms with Crippen LogP contribution in [0.3, 0.4) is 0 Å². The van der Waals surface area contributed by atoms with Crippen LogP contribution in [0.1, 0.15) is 17.3 Å². The molecule has 0 radical (unpaired) electrons. The van der Waals surface area contributed by atoms with E-state index in [1.54, 1.807) is 13.1 Å². The molecular formula is C12H11BrN4O3. The number of hydrogen-bond acceptors (Lipinski definition) is 4. The van der Waals surface area contributed by atoms with E-state index in [-0.39, 0.29) is 17.2 Å². The normalized spacial score (nSPS) is 10.3. The quantitative estimate of drug-likeness (QED) is 0.684. The Morgan fingerprint density at radius 3 is 2.85 bits per heavy atom. The maximum absolute atomic E-state index is 11.7. The van der Waals surface area contributed by atoms with Gasteiger partial charge < -0.3 is 5.32 Å². The molecule has 0 saturated carbocycles. The Balaban J connectivity index is 2.49.